The minimum atomic E-state index is -3.69. The van der Waals surface area contributed by atoms with Crippen molar-refractivity contribution in [2.24, 2.45) is 0 Å². The lowest BCUT2D eigenvalue weighted by molar-refractivity contribution is 0.560. The third-order valence-corrected chi connectivity index (χ3v) is 5.31. The van der Waals surface area contributed by atoms with E-state index in [-0.39, 0.29) is 11.4 Å². The summed E-state index contributed by atoms with van der Waals surface area (Å²) in [6.07, 6.45) is 6.96. The molecule has 8 heteroatoms. The van der Waals surface area contributed by atoms with E-state index < -0.39 is 15.8 Å². The van der Waals surface area contributed by atoms with Crippen LogP contribution >= 0.6 is 0 Å². The van der Waals surface area contributed by atoms with Crippen molar-refractivity contribution in [3.05, 3.63) is 66.5 Å². The Hall–Kier alpha value is -2.58. The van der Waals surface area contributed by atoms with Gasteiger partial charge >= 0.3 is 0 Å². The molecule has 0 saturated heterocycles. The summed E-state index contributed by atoms with van der Waals surface area (Å²) in [7, 11) is -3.69. The molecule has 0 atom stereocenters. The average molecular weight is 360 g/mol. The summed E-state index contributed by atoms with van der Waals surface area (Å²) < 4.78 is 41.9. The lowest BCUT2D eigenvalue weighted by Gasteiger charge is -2.09. The Kier molecular flexibility index (Phi) is 4.91. The van der Waals surface area contributed by atoms with Gasteiger partial charge in [0.05, 0.1) is 17.6 Å². The number of halogens is 1. The van der Waals surface area contributed by atoms with Gasteiger partial charge in [0.2, 0.25) is 10.0 Å². The number of rotatable bonds is 6. The lowest BCUT2D eigenvalue weighted by Crippen LogP contribution is -2.28. The maximum atomic E-state index is 13.1. The Morgan fingerprint density at radius 3 is 2.76 bits per heavy atom. The van der Waals surface area contributed by atoms with E-state index in [0.29, 0.717) is 12.1 Å². The van der Waals surface area contributed by atoms with Crippen LogP contribution in [0.3, 0.4) is 0 Å². The first-order valence-electron chi connectivity index (χ1n) is 7.64. The zero-order valence-electron chi connectivity index (χ0n) is 13.6. The number of sulfonamides is 1. The second-order valence-electron chi connectivity index (χ2n) is 5.54. The molecule has 0 saturated carbocycles. The van der Waals surface area contributed by atoms with Crippen LogP contribution in [0, 0.1) is 12.7 Å². The van der Waals surface area contributed by atoms with E-state index in [0.717, 1.165) is 17.2 Å². The monoisotopic (exact) mass is 360 g/mol. The van der Waals surface area contributed by atoms with Crippen LogP contribution in [0.25, 0.3) is 11.1 Å². The maximum Gasteiger partial charge on any atom is 0.240 e. The third kappa shape index (κ3) is 4.09. The maximum absolute atomic E-state index is 13.1. The quantitative estimate of drug-likeness (QED) is 0.732. The summed E-state index contributed by atoms with van der Waals surface area (Å²) in [4.78, 5) is 4.13. The Morgan fingerprint density at radius 2 is 2.04 bits per heavy atom. The standard InChI is InChI=1S/C17H17FN4O2S/c1-13-9-16(18)4-5-17(13)25(23,24)21-7-8-22-12-15(11-20-22)14-3-2-6-19-10-14/h2-6,9-12,21H,7-8H2,1H3. The van der Waals surface area contributed by atoms with Gasteiger partial charge in [-0.15, -0.1) is 0 Å². The van der Waals surface area contributed by atoms with Crippen molar-refractivity contribution in [3.8, 4) is 11.1 Å². The fourth-order valence-electron chi connectivity index (χ4n) is 2.46. The zero-order valence-corrected chi connectivity index (χ0v) is 14.4. The van der Waals surface area contributed by atoms with Crippen LogP contribution < -0.4 is 4.72 Å². The molecule has 130 valence electrons. The summed E-state index contributed by atoms with van der Waals surface area (Å²) in [5.41, 5.74) is 2.21. The van der Waals surface area contributed by atoms with Crippen LogP contribution in [0.1, 0.15) is 5.56 Å². The Labute approximate surface area is 145 Å². The summed E-state index contributed by atoms with van der Waals surface area (Å²) >= 11 is 0. The molecule has 0 fully saturated rings. The Morgan fingerprint density at radius 1 is 1.20 bits per heavy atom. The highest BCUT2D eigenvalue weighted by atomic mass is 32.2. The molecule has 0 aliphatic carbocycles. The van der Waals surface area contributed by atoms with E-state index in [1.54, 1.807) is 30.2 Å². The molecular weight excluding hydrogens is 343 g/mol. The SMILES string of the molecule is Cc1cc(F)ccc1S(=O)(=O)NCCn1cc(-c2cccnc2)cn1. The van der Waals surface area contributed by atoms with Crippen molar-refractivity contribution in [3.63, 3.8) is 0 Å². The van der Waals surface area contributed by atoms with Crippen molar-refractivity contribution >= 4 is 10.0 Å². The van der Waals surface area contributed by atoms with Crippen LogP contribution in [-0.2, 0) is 16.6 Å². The predicted octanol–water partition coefficient (Wildman–Crippen LogP) is 2.37. The Bertz CT molecular complexity index is 971. The molecule has 0 aliphatic heterocycles. The molecule has 1 aromatic carbocycles. The first-order valence-corrected chi connectivity index (χ1v) is 9.13. The lowest BCUT2D eigenvalue weighted by atomic mass is 10.2. The molecule has 25 heavy (non-hydrogen) atoms. The van der Waals surface area contributed by atoms with Crippen LogP contribution in [0.4, 0.5) is 4.39 Å². The van der Waals surface area contributed by atoms with Crippen molar-refractivity contribution < 1.29 is 12.8 Å². The second kappa shape index (κ2) is 7.12. The number of aryl methyl sites for hydroxylation is 1. The molecule has 0 radical (unpaired) electrons. The topological polar surface area (TPSA) is 76.9 Å². The largest absolute Gasteiger partial charge is 0.271 e. The fourth-order valence-corrected chi connectivity index (χ4v) is 3.70. The van der Waals surface area contributed by atoms with E-state index in [1.807, 2.05) is 18.3 Å². The zero-order chi connectivity index (χ0) is 17.9. The minimum Gasteiger partial charge on any atom is -0.271 e. The van der Waals surface area contributed by atoms with Gasteiger partial charge in [-0.2, -0.15) is 5.10 Å². The first-order chi connectivity index (χ1) is 12.0. The van der Waals surface area contributed by atoms with Gasteiger partial charge in [0.25, 0.3) is 0 Å². The first kappa shape index (κ1) is 17.2. The Balaban J connectivity index is 1.64. The van der Waals surface area contributed by atoms with Gasteiger partial charge in [-0.25, -0.2) is 17.5 Å². The van der Waals surface area contributed by atoms with E-state index in [2.05, 4.69) is 14.8 Å². The van der Waals surface area contributed by atoms with Crippen LogP contribution in [0.2, 0.25) is 0 Å². The molecule has 2 heterocycles. The van der Waals surface area contributed by atoms with Gasteiger partial charge in [-0.1, -0.05) is 6.07 Å². The number of hydrogen-bond donors (Lipinski definition) is 1. The van der Waals surface area contributed by atoms with Crippen LogP contribution in [0.15, 0.2) is 60.0 Å². The van der Waals surface area contributed by atoms with Crippen molar-refractivity contribution in [2.75, 3.05) is 6.54 Å². The smallest absolute Gasteiger partial charge is 0.240 e. The van der Waals surface area contributed by atoms with Gasteiger partial charge in [0.15, 0.2) is 0 Å². The van der Waals surface area contributed by atoms with Gasteiger partial charge in [0, 0.05) is 36.3 Å². The normalized spacial score (nSPS) is 11.6. The molecule has 3 rings (SSSR count). The van der Waals surface area contributed by atoms with Crippen molar-refractivity contribution in [2.45, 2.75) is 18.4 Å². The molecule has 0 aliphatic rings. The average Bonchev–Trinajstić information content (AvgIpc) is 3.04. The van der Waals surface area contributed by atoms with Crippen molar-refractivity contribution in [1.29, 1.82) is 0 Å². The number of aromatic nitrogens is 3. The fraction of sp³-hybridized carbons (Fsp3) is 0.176. The number of benzene rings is 1. The summed E-state index contributed by atoms with van der Waals surface area (Å²) in [6, 6.07) is 7.36. The number of nitrogens with one attached hydrogen (secondary N) is 1. The molecule has 0 unspecified atom stereocenters. The molecule has 0 bridgehead atoms. The van der Waals surface area contributed by atoms with Gasteiger partial charge in [0.1, 0.15) is 5.82 Å². The second-order valence-corrected chi connectivity index (χ2v) is 7.28. The highest BCUT2D eigenvalue weighted by Gasteiger charge is 2.16. The van der Waals surface area contributed by atoms with Crippen LogP contribution in [-0.4, -0.2) is 29.7 Å². The van der Waals surface area contributed by atoms with Crippen LogP contribution in [0.5, 0.6) is 0 Å². The molecule has 6 nitrogen and oxygen atoms in total. The number of nitrogens with zero attached hydrogens (tertiary/aromatic N) is 3. The van der Waals surface area contributed by atoms with Crippen molar-refractivity contribution in [1.82, 2.24) is 19.5 Å². The van der Waals surface area contributed by atoms with E-state index in [9.17, 15) is 12.8 Å². The van der Waals surface area contributed by atoms with E-state index in [1.165, 1.54) is 12.1 Å². The molecular formula is C17H17FN4O2S. The highest BCUT2D eigenvalue weighted by Crippen LogP contribution is 2.17. The van der Waals surface area contributed by atoms with Gasteiger partial charge in [-0.3, -0.25) is 9.67 Å². The van der Waals surface area contributed by atoms with Gasteiger partial charge in [-0.05, 0) is 36.8 Å². The highest BCUT2D eigenvalue weighted by molar-refractivity contribution is 7.89. The number of pyridine rings is 1. The molecule has 2 aromatic heterocycles. The molecule has 1 N–H and O–H groups in total. The summed E-state index contributed by atoms with van der Waals surface area (Å²) in [6.45, 7) is 2.11. The van der Waals surface area contributed by atoms with E-state index >= 15 is 0 Å². The molecule has 3 aromatic rings. The van der Waals surface area contributed by atoms with Gasteiger partial charge < -0.3 is 0 Å². The third-order valence-electron chi connectivity index (χ3n) is 3.69. The predicted molar refractivity (Wildman–Crippen MR) is 91.8 cm³/mol. The number of hydrogen-bond acceptors (Lipinski definition) is 4. The summed E-state index contributed by atoms with van der Waals surface area (Å²) in [5, 5.41) is 4.22. The molecule has 0 amide bonds. The molecule has 0 spiro atoms. The summed E-state index contributed by atoms with van der Waals surface area (Å²) in [5.74, 6) is -0.462. The van der Waals surface area contributed by atoms with E-state index in [4.69, 9.17) is 0 Å². The minimum absolute atomic E-state index is 0.0745.